The molecule has 12 nitrogen and oxygen atoms in total. The number of carboxylic acid groups (broad SMARTS) is 2. The van der Waals surface area contributed by atoms with E-state index in [1.54, 1.807) is 31.2 Å². The van der Waals surface area contributed by atoms with Crippen molar-refractivity contribution in [3.8, 4) is 17.0 Å². The summed E-state index contributed by atoms with van der Waals surface area (Å²) >= 11 is 0. The maximum Gasteiger partial charge on any atom is 0.336 e. The van der Waals surface area contributed by atoms with E-state index >= 15 is 0 Å². The fourth-order valence-electron chi connectivity index (χ4n) is 5.32. The quantitative estimate of drug-likeness (QED) is 0.128. The molecule has 0 unspecified atom stereocenters. The van der Waals surface area contributed by atoms with E-state index in [4.69, 9.17) is 15.9 Å². The van der Waals surface area contributed by atoms with E-state index in [-0.39, 0.29) is 65.6 Å². The number of nitrogen functional groups attached to an aromatic ring is 1. The van der Waals surface area contributed by atoms with E-state index in [1.807, 2.05) is 0 Å². The number of aromatic nitrogens is 1. The lowest BCUT2D eigenvalue weighted by Crippen LogP contribution is -2.46. The van der Waals surface area contributed by atoms with Crippen molar-refractivity contribution in [3.05, 3.63) is 89.1 Å². The van der Waals surface area contributed by atoms with Crippen molar-refractivity contribution < 1.29 is 34.1 Å². The minimum absolute atomic E-state index is 0.111. The number of likely N-dealkylation sites (tertiary alicyclic amines) is 1. The van der Waals surface area contributed by atoms with Gasteiger partial charge in [0.2, 0.25) is 5.88 Å². The number of aliphatic carboxylic acids is 1. The van der Waals surface area contributed by atoms with Crippen LogP contribution >= 0.6 is 0 Å². The standard InChI is InChI=1S/C32H33N5O7/c1-18(2)17-32(31(42)43)12-14-37(15-13-32)29(39)20-6-9-22(24(16-20)30(40)41)23-10-11-25(44-3)36-26(23)28(38)35-21-7-4-19(5-8-21)27(33)34/h4-11,16H,1,12-15,17H2,2-3H3,(H3,33,34)(H,35,38)(H,40,41)(H,42,43). The van der Waals surface area contributed by atoms with Crippen LogP contribution in [0.4, 0.5) is 5.69 Å². The molecule has 0 radical (unpaired) electrons. The molecule has 1 aromatic heterocycles. The van der Waals surface area contributed by atoms with Crippen molar-refractivity contribution in [3.63, 3.8) is 0 Å². The normalized spacial score (nSPS) is 13.9. The molecule has 2 aromatic carbocycles. The van der Waals surface area contributed by atoms with E-state index in [9.17, 15) is 29.4 Å². The summed E-state index contributed by atoms with van der Waals surface area (Å²) < 4.78 is 5.20. The van der Waals surface area contributed by atoms with Crippen molar-refractivity contribution in [1.82, 2.24) is 9.88 Å². The van der Waals surface area contributed by atoms with Gasteiger partial charge < -0.3 is 30.9 Å². The van der Waals surface area contributed by atoms with Gasteiger partial charge in [0.05, 0.1) is 18.1 Å². The fraction of sp³-hybridized carbons (Fsp3) is 0.250. The van der Waals surface area contributed by atoms with Crippen molar-refractivity contribution in [2.24, 2.45) is 11.1 Å². The molecule has 2 amide bonds. The lowest BCUT2D eigenvalue weighted by Gasteiger charge is -2.39. The Kier molecular flexibility index (Phi) is 9.12. The van der Waals surface area contributed by atoms with Crippen molar-refractivity contribution in [1.29, 1.82) is 5.41 Å². The SMILES string of the molecule is C=C(C)CC1(C(=O)O)CCN(C(=O)c2ccc(-c3ccc(OC)nc3C(=O)Nc3ccc(C(=N)N)cc3)c(C(=O)O)c2)CC1. The van der Waals surface area contributed by atoms with Gasteiger partial charge in [-0.05, 0) is 74.2 Å². The molecule has 44 heavy (non-hydrogen) atoms. The molecule has 0 atom stereocenters. The van der Waals surface area contributed by atoms with Crippen LogP contribution in [0.15, 0.2) is 66.7 Å². The third kappa shape index (κ3) is 6.59. The van der Waals surface area contributed by atoms with Gasteiger partial charge in [-0.3, -0.25) is 19.8 Å². The number of amides is 2. The Morgan fingerprint density at radius 3 is 2.18 bits per heavy atom. The first-order chi connectivity index (χ1) is 20.8. The van der Waals surface area contributed by atoms with Crippen LogP contribution in [0.3, 0.4) is 0 Å². The number of carboxylic acids is 2. The molecule has 2 heterocycles. The van der Waals surface area contributed by atoms with Crippen molar-refractivity contribution in [2.75, 3.05) is 25.5 Å². The van der Waals surface area contributed by atoms with E-state index in [2.05, 4.69) is 16.9 Å². The number of carbonyl (C=O) groups excluding carboxylic acids is 2. The molecule has 3 aromatic rings. The molecular formula is C32H33N5O7. The summed E-state index contributed by atoms with van der Waals surface area (Å²) in [7, 11) is 1.38. The molecule has 12 heteroatoms. The van der Waals surface area contributed by atoms with E-state index < -0.39 is 29.2 Å². The number of amidine groups is 1. The molecule has 0 bridgehead atoms. The zero-order chi connectivity index (χ0) is 32.2. The Morgan fingerprint density at radius 1 is 1.02 bits per heavy atom. The summed E-state index contributed by atoms with van der Waals surface area (Å²) in [5, 5.41) is 30.2. The maximum atomic E-state index is 13.4. The average molecular weight is 600 g/mol. The number of nitrogens with two attached hydrogens (primary N) is 1. The number of pyridine rings is 1. The first kappa shape index (κ1) is 31.4. The monoisotopic (exact) mass is 599 g/mol. The molecule has 4 rings (SSSR count). The molecule has 1 aliphatic heterocycles. The van der Waals surface area contributed by atoms with Gasteiger partial charge in [-0.1, -0.05) is 11.6 Å². The van der Waals surface area contributed by atoms with Crippen LogP contribution in [0.25, 0.3) is 11.1 Å². The highest BCUT2D eigenvalue weighted by Crippen LogP contribution is 2.38. The highest BCUT2D eigenvalue weighted by atomic mass is 16.5. The number of methoxy groups -OCH3 is 1. The lowest BCUT2D eigenvalue weighted by molar-refractivity contribution is -0.151. The number of benzene rings is 2. The summed E-state index contributed by atoms with van der Waals surface area (Å²) in [6.45, 7) is 6.02. The number of piperidine rings is 1. The average Bonchev–Trinajstić information content (AvgIpc) is 3.00. The van der Waals surface area contributed by atoms with Crippen LogP contribution in [0, 0.1) is 10.8 Å². The van der Waals surface area contributed by atoms with Crippen LogP contribution in [0.1, 0.15) is 63.0 Å². The molecular weight excluding hydrogens is 566 g/mol. The topological polar surface area (TPSA) is 196 Å². The van der Waals surface area contributed by atoms with Crippen LogP contribution in [-0.2, 0) is 4.79 Å². The van der Waals surface area contributed by atoms with E-state index in [0.29, 0.717) is 17.7 Å². The molecule has 0 saturated carbocycles. The summed E-state index contributed by atoms with van der Waals surface area (Å²) in [4.78, 5) is 57.0. The molecule has 0 spiro atoms. The smallest absolute Gasteiger partial charge is 0.336 e. The summed E-state index contributed by atoms with van der Waals surface area (Å²) in [6, 6.07) is 13.5. The predicted molar refractivity (Wildman–Crippen MR) is 163 cm³/mol. The van der Waals surface area contributed by atoms with Gasteiger partial charge in [0.1, 0.15) is 11.5 Å². The minimum atomic E-state index is -1.32. The van der Waals surface area contributed by atoms with Crippen LogP contribution in [0.5, 0.6) is 5.88 Å². The Balaban J connectivity index is 1.64. The second kappa shape index (κ2) is 12.8. The summed E-state index contributed by atoms with van der Waals surface area (Å²) in [5.74, 6) is -3.31. The second-order valence-electron chi connectivity index (χ2n) is 10.8. The fourth-order valence-corrected chi connectivity index (χ4v) is 5.32. The van der Waals surface area contributed by atoms with Crippen molar-refractivity contribution in [2.45, 2.75) is 26.2 Å². The number of carbonyl (C=O) groups is 4. The number of hydrogen-bond donors (Lipinski definition) is 5. The molecule has 1 fully saturated rings. The number of aromatic carboxylic acids is 1. The van der Waals surface area contributed by atoms with Gasteiger partial charge in [-0.15, -0.1) is 6.58 Å². The number of ether oxygens (including phenoxy) is 1. The number of nitrogens with zero attached hydrogens (tertiary/aromatic N) is 2. The Morgan fingerprint density at radius 2 is 1.64 bits per heavy atom. The number of rotatable bonds is 10. The Labute approximate surface area is 253 Å². The third-order valence-corrected chi connectivity index (χ3v) is 7.64. The van der Waals surface area contributed by atoms with Gasteiger partial charge in [0.25, 0.3) is 11.8 Å². The highest BCUT2D eigenvalue weighted by Gasteiger charge is 2.42. The molecule has 6 N–H and O–H groups in total. The third-order valence-electron chi connectivity index (χ3n) is 7.64. The first-order valence-corrected chi connectivity index (χ1v) is 13.7. The van der Waals surface area contributed by atoms with Gasteiger partial charge in [0.15, 0.2) is 0 Å². The number of anilines is 1. The molecule has 228 valence electrons. The van der Waals surface area contributed by atoms with Gasteiger partial charge in [-0.25, -0.2) is 9.78 Å². The molecule has 1 saturated heterocycles. The number of hydrogen-bond acceptors (Lipinski definition) is 7. The maximum absolute atomic E-state index is 13.4. The lowest BCUT2D eigenvalue weighted by atomic mass is 9.74. The zero-order valence-corrected chi connectivity index (χ0v) is 24.3. The largest absolute Gasteiger partial charge is 0.481 e. The van der Waals surface area contributed by atoms with E-state index in [1.165, 1.54) is 42.3 Å². The van der Waals surface area contributed by atoms with Crippen LogP contribution in [0.2, 0.25) is 0 Å². The van der Waals surface area contributed by atoms with Gasteiger partial charge in [-0.2, -0.15) is 0 Å². The van der Waals surface area contributed by atoms with Crippen LogP contribution < -0.4 is 15.8 Å². The highest BCUT2D eigenvalue weighted by molar-refractivity contribution is 6.10. The Hall–Kier alpha value is -5.52. The van der Waals surface area contributed by atoms with E-state index in [0.717, 1.165) is 5.57 Å². The van der Waals surface area contributed by atoms with Crippen molar-refractivity contribution >= 4 is 35.3 Å². The van der Waals surface area contributed by atoms with Gasteiger partial charge >= 0.3 is 11.9 Å². The zero-order valence-electron chi connectivity index (χ0n) is 24.3. The Bertz CT molecular complexity index is 1660. The number of nitrogens with one attached hydrogen (secondary N) is 2. The van der Waals surface area contributed by atoms with Crippen LogP contribution in [-0.4, -0.2) is 69.9 Å². The molecule has 1 aliphatic rings. The van der Waals surface area contributed by atoms with Gasteiger partial charge in [0, 0.05) is 41.5 Å². The first-order valence-electron chi connectivity index (χ1n) is 13.7. The minimum Gasteiger partial charge on any atom is -0.481 e. The predicted octanol–water partition coefficient (Wildman–Crippen LogP) is 4.26. The summed E-state index contributed by atoms with van der Waals surface area (Å²) in [5.41, 5.74) is 6.26. The number of allylic oxidation sites excluding steroid dienone is 1. The summed E-state index contributed by atoms with van der Waals surface area (Å²) in [6.07, 6.45) is 0.814. The second-order valence-corrected chi connectivity index (χ2v) is 10.8. The molecule has 0 aliphatic carbocycles.